The van der Waals surface area contributed by atoms with Crippen molar-refractivity contribution in [2.24, 2.45) is 5.73 Å². The zero-order chi connectivity index (χ0) is 39.6. The maximum atomic E-state index is 13.1. The van der Waals surface area contributed by atoms with Gasteiger partial charge >= 0.3 is 0 Å². The molecule has 8 rings (SSSR count). The molecule has 0 aliphatic carbocycles. The summed E-state index contributed by atoms with van der Waals surface area (Å²) < 4.78 is 30.9. The Kier molecular flexibility index (Phi) is 14.2. The fourth-order valence-corrected chi connectivity index (χ4v) is 8.72. The number of nitrogens with two attached hydrogens (primary N) is 1. The van der Waals surface area contributed by atoms with Crippen molar-refractivity contribution in [3.05, 3.63) is 143 Å². The van der Waals surface area contributed by atoms with Crippen molar-refractivity contribution >= 4 is 43.6 Å². The van der Waals surface area contributed by atoms with E-state index in [9.17, 15) is 13.6 Å². The number of benzene rings is 4. The van der Waals surface area contributed by atoms with Crippen molar-refractivity contribution in [1.29, 1.82) is 0 Å². The number of rotatable bonds is 13. The van der Waals surface area contributed by atoms with Crippen LogP contribution in [0.15, 0.2) is 109 Å². The van der Waals surface area contributed by atoms with Crippen LogP contribution < -0.4 is 11.1 Å². The number of carbonyl (C=O) groups is 1. The number of piperidine rings is 2. The predicted molar refractivity (Wildman–Crippen MR) is 232 cm³/mol. The number of nitrogens with zero attached hydrogens (tertiary/aromatic N) is 4. The molecule has 0 unspecified atom stereocenters. The van der Waals surface area contributed by atoms with Gasteiger partial charge in [-0.3, -0.25) is 4.79 Å². The SMILES string of the molecule is NCc1ccc2ccn(C3CCN(CCc4ccc(F)cc4)CC3)c2c1.O=C(CCBr)NCc1ccc2ccn(C3CCN(CCc4ccc(F)cc4)CC3)c2c1. The van der Waals surface area contributed by atoms with Gasteiger partial charge in [0.15, 0.2) is 0 Å². The maximum absolute atomic E-state index is 13.1. The van der Waals surface area contributed by atoms with E-state index in [4.69, 9.17) is 5.73 Å². The molecule has 2 aliphatic heterocycles. The lowest BCUT2D eigenvalue weighted by Crippen LogP contribution is -2.35. The fourth-order valence-electron chi connectivity index (χ4n) is 8.36. The summed E-state index contributed by atoms with van der Waals surface area (Å²) in [7, 11) is 0. The molecule has 2 fully saturated rings. The monoisotopic (exact) mass is 836 g/mol. The zero-order valence-electron chi connectivity index (χ0n) is 32.8. The summed E-state index contributed by atoms with van der Waals surface area (Å²) in [5.74, 6) is -0.264. The van der Waals surface area contributed by atoms with Crippen molar-refractivity contribution < 1.29 is 13.6 Å². The van der Waals surface area contributed by atoms with Crippen molar-refractivity contribution in [2.75, 3.05) is 44.6 Å². The van der Waals surface area contributed by atoms with E-state index in [-0.39, 0.29) is 17.5 Å². The molecule has 0 atom stereocenters. The number of alkyl halides is 1. The number of hydrogen-bond donors (Lipinski definition) is 2. The van der Waals surface area contributed by atoms with Crippen LogP contribution >= 0.6 is 15.9 Å². The molecule has 1 amide bonds. The van der Waals surface area contributed by atoms with Crippen LogP contribution in [0.25, 0.3) is 21.8 Å². The number of carbonyl (C=O) groups excluding carboxylic acids is 1. The van der Waals surface area contributed by atoms with Crippen LogP contribution in [0.1, 0.15) is 66.4 Å². The molecule has 0 saturated carbocycles. The number of amides is 1. The standard InChI is InChI=1S/C25H29BrFN3O.C22H26FN3/c26-12-7-25(31)28-18-20-1-4-21-9-16-30(24(21)17-20)23-10-14-29(15-11-23)13-8-19-2-5-22(27)6-3-19;23-20-5-2-17(3-6-20)7-11-25-12-9-21(10-13-25)26-14-8-19-4-1-18(16-24)15-22(19)26/h1-6,9,16-17,23H,7-8,10-15,18H2,(H,28,31);1-6,8,14-15,21H,7,9-13,16,24H2. The van der Waals surface area contributed by atoms with E-state index in [1.165, 1.54) is 51.3 Å². The largest absolute Gasteiger partial charge is 0.352 e. The highest BCUT2D eigenvalue weighted by Crippen LogP contribution is 2.30. The van der Waals surface area contributed by atoms with Gasteiger partial charge in [-0.15, -0.1) is 0 Å². The highest BCUT2D eigenvalue weighted by Gasteiger charge is 2.23. The Morgan fingerprint density at radius 3 is 1.53 bits per heavy atom. The number of fused-ring (bicyclic) bond motifs is 2. The lowest BCUT2D eigenvalue weighted by atomic mass is 10.0. The molecule has 0 spiro atoms. The third-order valence-corrected chi connectivity index (χ3v) is 12.2. The second-order valence-electron chi connectivity index (χ2n) is 15.6. The molecule has 57 heavy (non-hydrogen) atoms. The molecule has 6 aromatic rings. The molecular weight excluding hydrogens is 782 g/mol. The van der Waals surface area contributed by atoms with Gasteiger partial charge in [-0.05, 0) is 120 Å². The Morgan fingerprint density at radius 1 is 0.632 bits per heavy atom. The van der Waals surface area contributed by atoms with E-state index in [1.807, 2.05) is 24.3 Å². The van der Waals surface area contributed by atoms with Crippen molar-refractivity contribution in [3.8, 4) is 0 Å². The minimum atomic E-state index is -0.173. The van der Waals surface area contributed by atoms with Gasteiger partial charge in [-0.1, -0.05) is 64.5 Å². The van der Waals surface area contributed by atoms with Gasteiger partial charge in [-0.25, -0.2) is 8.78 Å². The normalized spacial score (nSPS) is 15.9. The third-order valence-electron chi connectivity index (χ3n) is 11.8. The Balaban J connectivity index is 0.000000177. The molecule has 10 heteroatoms. The number of likely N-dealkylation sites (tertiary alicyclic amines) is 2. The van der Waals surface area contributed by atoms with Crippen LogP contribution in [0.4, 0.5) is 8.78 Å². The first kappa shape index (κ1) is 40.8. The molecule has 4 aromatic carbocycles. The van der Waals surface area contributed by atoms with Gasteiger partial charge in [0, 0.05) is 99.6 Å². The van der Waals surface area contributed by atoms with Gasteiger partial charge in [0.25, 0.3) is 0 Å². The van der Waals surface area contributed by atoms with Crippen LogP contribution in [0.2, 0.25) is 0 Å². The van der Waals surface area contributed by atoms with Gasteiger partial charge in [0.2, 0.25) is 5.91 Å². The second kappa shape index (κ2) is 19.9. The van der Waals surface area contributed by atoms with Gasteiger partial charge in [0.1, 0.15) is 11.6 Å². The number of hydrogen-bond acceptors (Lipinski definition) is 4. The summed E-state index contributed by atoms with van der Waals surface area (Å²) in [5, 5.41) is 6.21. The smallest absolute Gasteiger partial charge is 0.221 e. The fraction of sp³-hybridized carbons (Fsp3) is 0.383. The van der Waals surface area contributed by atoms with Crippen molar-refractivity contribution in [2.45, 2.75) is 70.1 Å². The number of nitrogens with one attached hydrogen (secondary N) is 1. The Hall–Kier alpha value is -4.35. The van der Waals surface area contributed by atoms with E-state index >= 15 is 0 Å². The summed E-state index contributed by atoms with van der Waals surface area (Å²) in [6, 6.07) is 32.2. The Bertz CT molecular complexity index is 2180. The van der Waals surface area contributed by atoms with Gasteiger partial charge in [-0.2, -0.15) is 0 Å². The molecule has 0 bridgehead atoms. The molecule has 2 saturated heterocycles. The first-order chi connectivity index (χ1) is 27.8. The van der Waals surface area contributed by atoms with Crippen LogP contribution in [-0.4, -0.2) is 69.4 Å². The summed E-state index contributed by atoms with van der Waals surface area (Å²) in [6.45, 7) is 7.59. The van der Waals surface area contributed by atoms with E-state index in [0.29, 0.717) is 36.9 Å². The topological polar surface area (TPSA) is 71.5 Å². The van der Waals surface area contributed by atoms with Crippen LogP contribution in [0, 0.1) is 11.6 Å². The quantitative estimate of drug-likeness (QED) is 0.114. The summed E-state index contributed by atoms with van der Waals surface area (Å²) >= 11 is 3.30. The van der Waals surface area contributed by atoms with Crippen molar-refractivity contribution in [3.63, 3.8) is 0 Å². The van der Waals surface area contributed by atoms with Crippen LogP contribution in [-0.2, 0) is 30.7 Å². The number of halogens is 3. The Labute approximate surface area is 344 Å². The molecule has 3 N–H and O–H groups in total. The maximum Gasteiger partial charge on any atom is 0.221 e. The van der Waals surface area contributed by atoms with Gasteiger partial charge < -0.3 is 30.0 Å². The van der Waals surface area contributed by atoms with Crippen LogP contribution in [0.5, 0.6) is 0 Å². The molecule has 0 radical (unpaired) electrons. The Morgan fingerprint density at radius 2 is 1.07 bits per heavy atom. The first-order valence-electron chi connectivity index (χ1n) is 20.5. The summed E-state index contributed by atoms with van der Waals surface area (Å²) in [5.41, 5.74) is 13.1. The second-order valence-corrected chi connectivity index (χ2v) is 16.3. The molecule has 4 heterocycles. The minimum Gasteiger partial charge on any atom is -0.352 e. The van der Waals surface area contributed by atoms with E-state index in [1.54, 1.807) is 24.3 Å². The third kappa shape index (κ3) is 11.0. The first-order valence-corrected chi connectivity index (χ1v) is 21.6. The molecule has 2 aromatic heterocycles. The average Bonchev–Trinajstić information content (AvgIpc) is 3.87. The number of aromatic nitrogens is 2. The molecule has 300 valence electrons. The van der Waals surface area contributed by atoms with Crippen LogP contribution in [0.3, 0.4) is 0 Å². The highest BCUT2D eigenvalue weighted by molar-refractivity contribution is 9.09. The summed E-state index contributed by atoms with van der Waals surface area (Å²) in [6.07, 6.45) is 11.5. The van der Waals surface area contributed by atoms with E-state index in [0.717, 1.165) is 70.5 Å². The minimum absolute atomic E-state index is 0.0698. The molecular formula is C47H55BrF2N6O. The highest BCUT2D eigenvalue weighted by atomic mass is 79.9. The average molecular weight is 838 g/mol. The predicted octanol–water partition coefficient (Wildman–Crippen LogP) is 9.18. The van der Waals surface area contributed by atoms with E-state index < -0.39 is 0 Å². The lowest BCUT2D eigenvalue weighted by Gasteiger charge is -2.33. The summed E-state index contributed by atoms with van der Waals surface area (Å²) in [4.78, 5) is 16.8. The molecule has 7 nitrogen and oxygen atoms in total. The van der Waals surface area contributed by atoms with E-state index in [2.05, 4.69) is 101 Å². The van der Waals surface area contributed by atoms with Gasteiger partial charge in [0.05, 0.1) is 0 Å². The lowest BCUT2D eigenvalue weighted by molar-refractivity contribution is -0.120. The molecule has 2 aliphatic rings. The zero-order valence-corrected chi connectivity index (χ0v) is 34.4. The van der Waals surface area contributed by atoms with Crippen molar-refractivity contribution in [1.82, 2.24) is 24.3 Å².